The first-order valence-electron chi connectivity index (χ1n) is 11.2. The summed E-state index contributed by atoms with van der Waals surface area (Å²) in [6.45, 7) is 9.76. The van der Waals surface area contributed by atoms with Crippen LogP contribution in [0.25, 0.3) is 21.3 Å². The molecule has 1 aromatic carbocycles. The zero-order valence-electron chi connectivity index (χ0n) is 20.1. The Bertz CT molecular complexity index is 1500. The Hall–Kier alpha value is -3.21. The number of nitrogens with zero attached hydrogens (tertiary/aromatic N) is 2. The van der Waals surface area contributed by atoms with Gasteiger partial charge in [0.15, 0.2) is 5.16 Å². The molecule has 7 nitrogen and oxygen atoms in total. The topological polar surface area (TPSA) is 90.3 Å². The quantitative estimate of drug-likeness (QED) is 0.123. The van der Waals surface area contributed by atoms with E-state index in [-0.39, 0.29) is 30.4 Å². The molecule has 0 saturated heterocycles. The smallest absolute Gasteiger partial charge is 0.341 e. The number of carbonyl (C=O) groups excluding carboxylic acids is 2. The Balaban J connectivity index is 1.60. The zero-order chi connectivity index (χ0) is 25.8. The van der Waals surface area contributed by atoms with E-state index in [1.807, 2.05) is 49.6 Å². The number of fused-ring (bicyclic) bond motifs is 1. The molecule has 0 saturated carbocycles. The van der Waals surface area contributed by atoms with E-state index < -0.39 is 5.97 Å². The third-order valence-electron chi connectivity index (χ3n) is 5.51. The number of anilines is 1. The summed E-state index contributed by atoms with van der Waals surface area (Å²) >= 11 is 3.91. The van der Waals surface area contributed by atoms with Crippen molar-refractivity contribution in [1.82, 2.24) is 9.55 Å². The average Bonchev–Trinajstić information content (AvgIpc) is 3.41. The van der Waals surface area contributed by atoms with E-state index in [0.717, 1.165) is 21.6 Å². The normalized spacial score (nSPS) is 11.0. The van der Waals surface area contributed by atoms with Crippen LogP contribution in [0.1, 0.15) is 27.7 Å². The fourth-order valence-electron chi connectivity index (χ4n) is 3.69. The monoisotopic (exact) mass is 539 g/mol. The van der Waals surface area contributed by atoms with E-state index in [9.17, 15) is 14.4 Å². The van der Waals surface area contributed by atoms with Gasteiger partial charge in [-0.25, -0.2) is 9.78 Å². The van der Waals surface area contributed by atoms with Crippen molar-refractivity contribution in [3.63, 3.8) is 0 Å². The summed E-state index contributed by atoms with van der Waals surface area (Å²) < 4.78 is 6.70. The minimum Gasteiger partial charge on any atom is -0.462 e. The van der Waals surface area contributed by atoms with Gasteiger partial charge in [0.25, 0.3) is 5.56 Å². The van der Waals surface area contributed by atoms with Gasteiger partial charge in [-0.3, -0.25) is 14.2 Å². The summed E-state index contributed by atoms with van der Waals surface area (Å²) in [4.78, 5) is 45.0. The van der Waals surface area contributed by atoms with Crippen LogP contribution in [-0.4, -0.2) is 33.8 Å². The van der Waals surface area contributed by atoms with Crippen LogP contribution in [0, 0.1) is 13.8 Å². The number of hydrogen-bond donors (Lipinski definition) is 1. The second-order valence-electron chi connectivity index (χ2n) is 7.84. The molecule has 0 aliphatic carbocycles. The van der Waals surface area contributed by atoms with E-state index in [2.05, 4.69) is 11.9 Å². The standard InChI is InChI=1S/C26H25N3O4S3/c1-5-12-29-24(31)21-18(17-10-8-7-9-11-17)13-34-22(21)28-26(29)35-14-19(30)27-23-20(25(32)33-6-2)15(3)16(4)36-23/h5,7-11,13H,1,6,12,14H2,2-4H3,(H,27,30). The SMILES string of the molecule is C=CCn1c(SCC(=O)Nc2sc(C)c(C)c2C(=O)OCC)nc2scc(-c3ccccc3)c2c1=O. The third kappa shape index (κ3) is 5.16. The molecule has 186 valence electrons. The maximum Gasteiger partial charge on any atom is 0.341 e. The zero-order valence-corrected chi connectivity index (χ0v) is 22.6. The molecular formula is C26H25N3O4S3. The number of benzene rings is 1. The minimum atomic E-state index is -0.457. The number of amides is 1. The average molecular weight is 540 g/mol. The van der Waals surface area contributed by atoms with Crippen LogP contribution >= 0.6 is 34.4 Å². The molecule has 4 aromatic rings. The lowest BCUT2D eigenvalue weighted by Gasteiger charge is -2.11. The van der Waals surface area contributed by atoms with Crippen LogP contribution in [0.4, 0.5) is 5.00 Å². The number of hydrogen-bond acceptors (Lipinski definition) is 8. The summed E-state index contributed by atoms with van der Waals surface area (Å²) in [5.41, 5.74) is 2.80. The van der Waals surface area contributed by atoms with Crippen molar-refractivity contribution < 1.29 is 14.3 Å². The van der Waals surface area contributed by atoms with Gasteiger partial charge in [-0.2, -0.15) is 0 Å². The number of ether oxygens (including phenoxy) is 1. The van der Waals surface area contributed by atoms with Crippen LogP contribution in [0.5, 0.6) is 0 Å². The number of aromatic nitrogens is 2. The lowest BCUT2D eigenvalue weighted by Crippen LogP contribution is -2.23. The summed E-state index contributed by atoms with van der Waals surface area (Å²) in [7, 11) is 0. The second-order valence-corrected chi connectivity index (χ2v) is 10.9. The summed E-state index contributed by atoms with van der Waals surface area (Å²) in [6.07, 6.45) is 1.64. The van der Waals surface area contributed by atoms with E-state index in [1.54, 1.807) is 13.0 Å². The number of rotatable bonds is 9. The van der Waals surface area contributed by atoms with Crippen molar-refractivity contribution in [2.24, 2.45) is 0 Å². The van der Waals surface area contributed by atoms with Crippen LogP contribution < -0.4 is 10.9 Å². The van der Waals surface area contributed by atoms with Gasteiger partial charge in [0.1, 0.15) is 9.83 Å². The van der Waals surface area contributed by atoms with Crippen LogP contribution in [0.2, 0.25) is 0 Å². The first-order valence-corrected chi connectivity index (χ1v) is 13.9. The Kier molecular flexibility index (Phi) is 8.07. The highest BCUT2D eigenvalue weighted by Gasteiger charge is 2.23. The number of aryl methyl sites for hydroxylation is 1. The van der Waals surface area contributed by atoms with Crippen molar-refractivity contribution in [3.05, 3.63) is 74.7 Å². The van der Waals surface area contributed by atoms with Gasteiger partial charge in [-0.15, -0.1) is 29.3 Å². The molecule has 3 heterocycles. The third-order valence-corrected chi connectivity index (χ3v) is 8.48. The second kappa shape index (κ2) is 11.2. The molecule has 0 unspecified atom stereocenters. The van der Waals surface area contributed by atoms with Gasteiger partial charge >= 0.3 is 5.97 Å². The number of carbonyl (C=O) groups is 2. The van der Waals surface area contributed by atoms with Crippen molar-refractivity contribution in [2.45, 2.75) is 32.5 Å². The molecule has 1 N–H and O–H groups in total. The van der Waals surface area contributed by atoms with Gasteiger partial charge in [0.2, 0.25) is 5.91 Å². The highest BCUT2D eigenvalue weighted by Crippen LogP contribution is 2.34. The fourth-order valence-corrected chi connectivity index (χ4v) is 6.55. The highest BCUT2D eigenvalue weighted by atomic mass is 32.2. The van der Waals surface area contributed by atoms with Crippen molar-refractivity contribution >= 4 is 61.5 Å². The van der Waals surface area contributed by atoms with E-state index in [1.165, 1.54) is 39.0 Å². The summed E-state index contributed by atoms with van der Waals surface area (Å²) in [5.74, 6) is -0.742. The Morgan fingerprint density at radius 1 is 1.25 bits per heavy atom. The fraction of sp³-hybridized carbons (Fsp3) is 0.231. The number of allylic oxidation sites excluding steroid dienone is 1. The molecule has 0 spiro atoms. The van der Waals surface area contributed by atoms with Gasteiger partial charge in [-0.1, -0.05) is 48.2 Å². The molecule has 10 heteroatoms. The predicted octanol–water partition coefficient (Wildman–Crippen LogP) is 5.90. The highest BCUT2D eigenvalue weighted by molar-refractivity contribution is 7.99. The molecule has 4 rings (SSSR count). The van der Waals surface area contributed by atoms with Crippen LogP contribution in [-0.2, 0) is 16.1 Å². The van der Waals surface area contributed by atoms with Crippen molar-refractivity contribution in [1.29, 1.82) is 0 Å². The molecular weight excluding hydrogens is 515 g/mol. The Morgan fingerprint density at radius 3 is 2.69 bits per heavy atom. The van der Waals surface area contributed by atoms with Gasteiger partial charge in [0, 0.05) is 22.4 Å². The van der Waals surface area contributed by atoms with Gasteiger partial charge < -0.3 is 10.1 Å². The molecule has 0 aliphatic rings. The van der Waals surface area contributed by atoms with Gasteiger partial charge in [-0.05, 0) is 31.9 Å². The van der Waals surface area contributed by atoms with Crippen molar-refractivity contribution in [3.8, 4) is 11.1 Å². The number of thioether (sulfide) groups is 1. The maximum atomic E-state index is 13.5. The molecule has 0 atom stereocenters. The number of thiophene rings is 2. The van der Waals surface area contributed by atoms with E-state index >= 15 is 0 Å². The maximum absolute atomic E-state index is 13.5. The predicted molar refractivity (Wildman–Crippen MR) is 149 cm³/mol. The van der Waals surface area contributed by atoms with Crippen LogP contribution in [0.15, 0.2) is 58.3 Å². The number of esters is 1. The Labute approximate surface area is 220 Å². The Morgan fingerprint density at radius 2 is 2.00 bits per heavy atom. The van der Waals surface area contributed by atoms with E-state index in [0.29, 0.717) is 25.9 Å². The molecule has 0 aliphatic heterocycles. The van der Waals surface area contributed by atoms with Crippen molar-refractivity contribution in [2.75, 3.05) is 17.7 Å². The summed E-state index contributed by atoms with van der Waals surface area (Å²) in [5, 5.41) is 6.24. The molecule has 0 fully saturated rings. The van der Waals surface area contributed by atoms with Gasteiger partial charge in [0.05, 0.1) is 23.3 Å². The molecule has 1 amide bonds. The summed E-state index contributed by atoms with van der Waals surface area (Å²) in [6, 6.07) is 9.72. The molecule has 0 radical (unpaired) electrons. The first-order chi connectivity index (χ1) is 17.3. The lowest BCUT2D eigenvalue weighted by atomic mass is 10.1. The van der Waals surface area contributed by atoms with Crippen LogP contribution in [0.3, 0.4) is 0 Å². The largest absolute Gasteiger partial charge is 0.462 e. The minimum absolute atomic E-state index is 0.0181. The molecule has 36 heavy (non-hydrogen) atoms. The van der Waals surface area contributed by atoms with E-state index in [4.69, 9.17) is 9.72 Å². The first kappa shape index (κ1) is 25.9. The molecule has 0 bridgehead atoms. The number of nitrogens with one attached hydrogen (secondary N) is 1. The lowest BCUT2D eigenvalue weighted by molar-refractivity contribution is -0.113. The molecule has 3 aromatic heterocycles.